The summed E-state index contributed by atoms with van der Waals surface area (Å²) < 4.78 is 0. The van der Waals surface area contributed by atoms with E-state index in [-0.39, 0.29) is 36.2 Å². The van der Waals surface area contributed by atoms with Gasteiger partial charge in [-0.25, -0.2) is 0 Å². The first-order valence-electron chi connectivity index (χ1n) is 2.51. The molecule has 6 nitrogen and oxygen atoms in total. The van der Waals surface area contributed by atoms with E-state index < -0.39 is 5.41 Å². The van der Waals surface area contributed by atoms with Gasteiger partial charge in [-0.15, -0.1) is 0 Å². The predicted octanol–water partition coefficient (Wildman–Crippen LogP) is -3.50. The van der Waals surface area contributed by atoms with Crippen LogP contribution in [0.15, 0.2) is 0 Å². The average molecular weight is 174 g/mol. The van der Waals surface area contributed by atoms with E-state index in [1.165, 1.54) is 0 Å². The number of hydrogen-bond acceptors (Lipinski definition) is 3. The van der Waals surface area contributed by atoms with Gasteiger partial charge in [-0.05, 0) is 0 Å². The zero-order chi connectivity index (χ0) is 6.62. The van der Waals surface area contributed by atoms with Crippen molar-refractivity contribution in [3.8, 4) is 0 Å². The summed E-state index contributed by atoms with van der Waals surface area (Å²) in [7, 11) is 0. The molecule has 0 amide bonds. The van der Waals surface area contributed by atoms with Crippen LogP contribution in [0.1, 0.15) is 6.92 Å². The van der Waals surface area contributed by atoms with Gasteiger partial charge in [-0.1, -0.05) is 6.92 Å². The molecule has 0 unspecified atom stereocenters. The summed E-state index contributed by atoms with van der Waals surface area (Å²) in [6.07, 6.45) is 0. The minimum atomic E-state index is -0.708. The molecule has 0 aromatic rings. The fraction of sp³-hybridized carbons (Fsp3) is 1.00. The molecule has 0 aliphatic heterocycles. The van der Waals surface area contributed by atoms with E-state index in [0.29, 0.717) is 0 Å². The third-order valence-corrected chi connectivity index (χ3v) is 1.15. The number of aliphatic hydroxyl groups excluding tert-OH is 3. The highest BCUT2D eigenvalue weighted by Crippen LogP contribution is 2.10. The third kappa shape index (κ3) is 7.66. The van der Waals surface area contributed by atoms with Crippen LogP contribution >= 0.6 is 0 Å². The first kappa shape index (κ1) is 22.4. The molecule has 9 N–H and O–H groups in total. The van der Waals surface area contributed by atoms with E-state index in [2.05, 4.69) is 0 Å². The molecular formula is C5H18O6. The van der Waals surface area contributed by atoms with Gasteiger partial charge >= 0.3 is 0 Å². The van der Waals surface area contributed by atoms with Crippen LogP contribution in [-0.2, 0) is 0 Å². The monoisotopic (exact) mass is 174 g/mol. The second-order valence-corrected chi connectivity index (χ2v) is 2.29. The van der Waals surface area contributed by atoms with Crippen molar-refractivity contribution in [2.24, 2.45) is 5.41 Å². The Bertz CT molecular complexity index is 53.7. The molecule has 6 heteroatoms. The highest BCUT2D eigenvalue weighted by molar-refractivity contribution is 4.69. The van der Waals surface area contributed by atoms with E-state index in [1.54, 1.807) is 6.92 Å². The third-order valence-electron chi connectivity index (χ3n) is 1.15. The van der Waals surface area contributed by atoms with Crippen molar-refractivity contribution in [3.63, 3.8) is 0 Å². The fourth-order valence-corrected chi connectivity index (χ4v) is 0.150. The summed E-state index contributed by atoms with van der Waals surface area (Å²) in [5.74, 6) is 0. The van der Waals surface area contributed by atoms with Crippen LogP contribution < -0.4 is 0 Å². The summed E-state index contributed by atoms with van der Waals surface area (Å²) in [6.45, 7) is 1.06. The van der Waals surface area contributed by atoms with E-state index in [4.69, 9.17) is 15.3 Å². The molecule has 74 valence electrons. The Morgan fingerprint density at radius 1 is 0.818 bits per heavy atom. The molecule has 11 heavy (non-hydrogen) atoms. The van der Waals surface area contributed by atoms with Crippen molar-refractivity contribution < 1.29 is 31.7 Å². The second kappa shape index (κ2) is 9.76. The maximum absolute atomic E-state index is 8.47. The Hall–Kier alpha value is -0.240. The quantitative estimate of drug-likeness (QED) is 0.406. The predicted molar refractivity (Wildman–Crippen MR) is 40.2 cm³/mol. The maximum atomic E-state index is 8.47. The summed E-state index contributed by atoms with van der Waals surface area (Å²) in [4.78, 5) is 0. The molecule has 0 saturated carbocycles. The van der Waals surface area contributed by atoms with Crippen molar-refractivity contribution in [3.05, 3.63) is 0 Å². The van der Waals surface area contributed by atoms with Crippen molar-refractivity contribution in [1.82, 2.24) is 0 Å². The minimum absolute atomic E-state index is 0. The van der Waals surface area contributed by atoms with Gasteiger partial charge in [0, 0.05) is 5.41 Å². The summed E-state index contributed by atoms with van der Waals surface area (Å²) in [5.41, 5.74) is -0.708. The molecule has 0 heterocycles. The number of hydrogen-bond donors (Lipinski definition) is 3. The van der Waals surface area contributed by atoms with Crippen LogP contribution in [0.3, 0.4) is 0 Å². The Kier molecular flexibility index (Phi) is 19.9. The highest BCUT2D eigenvalue weighted by atomic mass is 16.3. The average Bonchev–Trinajstić information content (AvgIpc) is 1.87. The Morgan fingerprint density at radius 3 is 1.00 bits per heavy atom. The van der Waals surface area contributed by atoms with Crippen LogP contribution in [0.25, 0.3) is 0 Å². The number of aliphatic hydroxyl groups is 3. The standard InChI is InChI=1S/C5H12O3.3H2O/c1-5(2-6,3-7)4-8;;;/h6-8H,2-4H2,1H3;3*1H2. The molecule has 0 aromatic carbocycles. The lowest BCUT2D eigenvalue weighted by atomic mass is 9.95. The molecule has 0 aromatic heterocycles. The van der Waals surface area contributed by atoms with Crippen molar-refractivity contribution in [2.45, 2.75) is 6.92 Å². The smallest absolute Gasteiger partial charge is 0.0528 e. The van der Waals surface area contributed by atoms with Gasteiger partial charge in [0.1, 0.15) is 0 Å². The van der Waals surface area contributed by atoms with Crippen molar-refractivity contribution in [1.29, 1.82) is 0 Å². The van der Waals surface area contributed by atoms with Gasteiger partial charge in [-0.3, -0.25) is 0 Å². The van der Waals surface area contributed by atoms with Gasteiger partial charge in [-0.2, -0.15) is 0 Å². The summed E-state index contributed by atoms with van der Waals surface area (Å²) in [6, 6.07) is 0. The van der Waals surface area contributed by atoms with Crippen LogP contribution in [0, 0.1) is 5.41 Å². The highest BCUT2D eigenvalue weighted by Gasteiger charge is 2.20. The minimum Gasteiger partial charge on any atom is -0.412 e. The molecular weight excluding hydrogens is 156 g/mol. The lowest BCUT2D eigenvalue weighted by Gasteiger charge is -2.20. The molecule has 0 aliphatic carbocycles. The molecule has 0 rings (SSSR count). The van der Waals surface area contributed by atoms with Crippen molar-refractivity contribution >= 4 is 0 Å². The van der Waals surface area contributed by atoms with E-state index in [9.17, 15) is 0 Å². The summed E-state index contributed by atoms with van der Waals surface area (Å²) in [5, 5.41) is 25.4. The van der Waals surface area contributed by atoms with Gasteiger partial charge in [0.15, 0.2) is 0 Å². The van der Waals surface area contributed by atoms with Crippen LogP contribution in [0.5, 0.6) is 0 Å². The van der Waals surface area contributed by atoms with E-state index >= 15 is 0 Å². The van der Waals surface area contributed by atoms with Gasteiger partial charge in [0.2, 0.25) is 0 Å². The van der Waals surface area contributed by atoms with E-state index in [1.807, 2.05) is 0 Å². The van der Waals surface area contributed by atoms with Crippen molar-refractivity contribution in [2.75, 3.05) is 19.8 Å². The summed E-state index contributed by atoms with van der Waals surface area (Å²) >= 11 is 0. The molecule has 0 saturated heterocycles. The lowest BCUT2D eigenvalue weighted by Crippen LogP contribution is -2.29. The normalized spacial score (nSPS) is 8.73. The Balaban J connectivity index is -0.0000000817. The zero-order valence-corrected chi connectivity index (χ0v) is 6.46. The zero-order valence-electron chi connectivity index (χ0n) is 6.46. The first-order valence-corrected chi connectivity index (χ1v) is 2.51. The SMILES string of the molecule is CC(CO)(CO)CO.O.O.O. The molecule has 0 radical (unpaired) electrons. The molecule has 0 atom stereocenters. The fourth-order valence-electron chi connectivity index (χ4n) is 0.150. The maximum Gasteiger partial charge on any atom is 0.0528 e. The topological polar surface area (TPSA) is 155 Å². The van der Waals surface area contributed by atoms with Gasteiger partial charge in [0.05, 0.1) is 19.8 Å². The Morgan fingerprint density at radius 2 is 1.00 bits per heavy atom. The van der Waals surface area contributed by atoms with Gasteiger partial charge < -0.3 is 31.7 Å². The first-order chi connectivity index (χ1) is 3.68. The second-order valence-electron chi connectivity index (χ2n) is 2.29. The van der Waals surface area contributed by atoms with Crippen LogP contribution in [-0.4, -0.2) is 51.6 Å². The van der Waals surface area contributed by atoms with E-state index in [0.717, 1.165) is 0 Å². The van der Waals surface area contributed by atoms with Crippen LogP contribution in [0.2, 0.25) is 0 Å². The molecule has 0 spiro atoms. The molecule has 0 aliphatic rings. The van der Waals surface area contributed by atoms with Crippen LogP contribution in [0.4, 0.5) is 0 Å². The lowest BCUT2D eigenvalue weighted by molar-refractivity contribution is 0.0200. The number of rotatable bonds is 3. The molecule has 0 fully saturated rings. The molecule has 0 bridgehead atoms. The largest absolute Gasteiger partial charge is 0.412 e. The van der Waals surface area contributed by atoms with Gasteiger partial charge in [0.25, 0.3) is 0 Å². The Labute approximate surface area is 65.0 Å².